The van der Waals surface area contributed by atoms with E-state index >= 15 is 0 Å². The van der Waals surface area contributed by atoms with E-state index in [0.717, 1.165) is 44.2 Å². The maximum atomic E-state index is 5.26. The van der Waals surface area contributed by atoms with Crippen LogP contribution in [-0.2, 0) is 18.2 Å². The predicted molar refractivity (Wildman–Crippen MR) is 114 cm³/mol. The molecule has 6 nitrogen and oxygen atoms in total. The zero-order valence-electron chi connectivity index (χ0n) is 16.3. The summed E-state index contributed by atoms with van der Waals surface area (Å²) in [6.07, 6.45) is 5.99. The number of halogens is 1. The zero-order chi connectivity index (χ0) is 17.6. The topological polar surface area (TPSA) is 63.5 Å². The summed E-state index contributed by atoms with van der Waals surface area (Å²) in [6.45, 7) is 6.87. The monoisotopic (exact) mass is 463 g/mol. The van der Waals surface area contributed by atoms with Gasteiger partial charge in [0.25, 0.3) is 0 Å². The predicted octanol–water partition coefficient (Wildman–Crippen LogP) is 2.57. The van der Waals surface area contributed by atoms with Crippen molar-refractivity contribution >= 4 is 29.9 Å². The molecule has 0 atom stereocenters. The number of guanidine groups is 1. The number of ether oxygens (including phenoxy) is 1. The molecule has 0 aliphatic heterocycles. The summed E-state index contributed by atoms with van der Waals surface area (Å²) in [5, 5.41) is 11.4. The van der Waals surface area contributed by atoms with Crippen molar-refractivity contribution < 1.29 is 4.74 Å². The number of hydrogen-bond acceptors (Lipinski definition) is 3. The lowest BCUT2D eigenvalue weighted by Crippen LogP contribution is -2.47. The van der Waals surface area contributed by atoms with Gasteiger partial charge in [-0.05, 0) is 50.5 Å². The van der Waals surface area contributed by atoms with Crippen LogP contribution in [0.4, 0.5) is 0 Å². The minimum atomic E-state index is 0. The summed E-state index contributed by atoms with van der Waals surface area (Å²) in [4.78, 5) is 4.35. The van der Waals surface area contributed by atoms with Gasteiger partial charge in [-0.25, -0.2) is 0 Å². The molecule has 0 saturated heterocycles. The molecule has 1 aromatic heterocycles. The first kappa shape index (κ1) is 22.2. The van der Waals surface area contributed by atoms with Crippen LogP contribution in [0.2, 0.25) is 0 Å². The summed E-state index contributed by atoms with van der Waals surface area (Å²) in [5.41, 5.74) is 4.08. The number of nitrogens with one attached hydrogen (secondary N) is 2. The van der Waals surface area contributed by atoms with Gasteiger partial charge < -0.3 is 15.4 Å². The fourth-order valence-corrected chi connectivity index (χ4v) is 3.49. The lowest BCUT2D eigenvalue weighted by Gasteiger charge is -2.42. The Hall–Kier alpha value is -0.830. The standard InChI is InChI=1S/C18H33N5O.HI/c1-14-16(15(2)23(4)22-14)7-11-20-17(19-3)21-13-18(8-6-9-18)10-12-24-5;/h6-13H2,1-5H3,(H2,19,20,21);1H. The maximum Gasteiger partial charge on any atom is 0.191 e. The van der Waals surface area contributed by atoms with Crippen molar-refractivity contribution in [2.75, 3.05) is 33.9 Å². The largest absolute Gasteiger partial charge is 0.385 e. The third kappa shape index (κ3) is 5.84. The highest BCUT2D eigenvalue weighted by Crippen LogP contribution is 2.43. The Balaban J connectivity index is 0.00000312. The fourth-order valence-electron chi connectivity index (χ4n) is 3.49. The van der Waals surface area contributed by atoms with Gasteiger partial charge in [0.15, 0.2) is 5.96 Å². The molecule has 144 valence electrons. The Kier molecular flexibility index (Phi) is 9.20. The van der Waals surface area contributed by atoms with Crippen LogP contribution in [0.3, 0.4) is 0 Å². The summed E-state index contributed by atoms with van der Waals surface area (Å²) in [7, 11) is 5.61. The van der Waals surface area contributed by atoms with E-state index in [1.807, 2.05) is 18.8 Å². The van der Waals surface area contributed by atoms with Gasteiger partial charge >= 0.3 is 0 Å². The Morgan fingerprint density at radius 3 is 2.52 bits per heavy atom. The van der Waals surface area contributed by atoms with Crippen molar-refractivity contribution in [1.29, 1.82) is 0 Å². The number of aliphatic imine (C=N–C) groups is 1. The van der Waals surface area contributed by atoms with Gasteiger partial charge in [-0.3, -0.25) is 9.67 Å². The molecule has 0 unspecified atom stereocenters. The molecule has 1 aliphatic rings. The van der Waals surface area contributed by atoms with Crippen molar-refractivity contribution in [3.63, 3.8) is 0 Å². The second kappa shape index (κ2) is 10.4. The van der Waals surface area contributed by atoms with E-state index < -0.39 is 0 Å². The number of aryl methyl sites for hydroxylation is 2. The number of methoxy groups -OCH3 is 1. The first-order valence-electron chi connectivity index (χ1n) is 8.94. The van der Waals surface area contributed by atoms with Crippen LogP contribution in [0.25, 0.3) is 0 Å². The van der Waals surface area contributed by atoms with Gasteiger partial charge in [-0.1, -0.05) is 6.42 Å². The minimum absolute atomic E-state index is 0. The van der Waals surface area contributed by atoms with E-state index in [2.05, 4.69) is 34.6 Å². The number of nitrogens with zero attached hydrogens (tertiary/aromatic N) is 3. The van der Waals surface area contributed by atoms with Crippen LogP contribution in [-0.4, -0.2) is 49.6 Å². The Bertz CT molecular complexity index is 566. The SMILES string of the molecule is CN=C(NCCc1c(C)nn(C)c1C)NCC1(CCOC)CCC1.I. The summed E-state index contributed by atoms with van der Waals surface area (Å²) in [5.74, 6) is 0.887. The molecule has 0 radical (unpaired) electrons. The van der Waals surface area contributed by atoms with Gasteiger partial charge in [-0.15, -0.1) is 24.0 Å². The van der Waals surface area contributed by atoms with Gasteiger partial charge in [-0.2, -0.15) is 5.10 Å². The third-order valence-corrected chi connectivity index (χ3v) is 5.43. The quantitative estimate of drug-likeness (QED) is 0.354. The maximum absolute atomic E-state index is 5.26. The Labute approximate surface area is 169 Å². The molecule has 2 N–H and O–H groups in total. The van der Waals surface area contributed by atoms with Gasteiger partial charge in [0.05, 0.1) is 5.69 Å². The lowest BCUT2D eigenvalue weighted by molar-refractivity contribution is 0.0732. The molecular weight excluding hydrogens is 429 g/mol. The van der Waals surface area contributed by atoms with Crippen LogP contribution in [0, 0.1) is 19.3 Å². The van der Waals surface area contributed by atoms with Gasteiger partial charge in [0, 0.05) is 46.6 Å². The highest BCUT2D eigenvalue weighted by atomic mass is 127. The minimum Gasteiger partial charge on any atom is -0.385 e. The van der Waals surface area contributed by atoms with Crippen molar-refractivity contribution in [2.24, 2.45) is 17.5 Å². The summed E-state index contributed by atoms with van der Waals surface area (Å²) < 4.78 is 7.22. The smallest absolute Gasteiger partial charge is 0.191 e. The average molecular weight is 463 g/mol. The molecule has 0 amide bonds. The number of hydrogen-bond donors (Lipinski definition) is 2. The fraction of sp³-hybridized carbons (Fsp3) is 0.778. The third-order valence-electron chi connectivity index (χ3n) is 5.43. The molecule has 1 saturated carbocycles. The van der Waals surface area contributed by atoms with Crippen molar-refractivity contribution in [3.05, 3.63) is 17.0 Å². The van der Waals surface area contributed by atoms with E-state index in [-0.39, 0.29) is 24.0 Å². The van der Waals surface area contributed by atoms with Crippen molar-refractivity contribution in [3.8, 4) is 0 Å². The molecule has 2 rings (SSSR count). The molecule has 1 aliphatic carbocycles. The number of aromatic nitrogens is 2. The van der Waals surface area contributed by atoms with Crippen molar-refractivity contribution in [1.82, 2.24) is 20.4 Å². The van der Waals surface area contributed by atoms with Gasteiger partial charge in [0.2, 0.25) is 0 Å². The molecular formula is C18H34IN5O. The zero-order valence-corrected chi connectivity index (χ0v) is 18.6. The van der Waals surface area contributed by atoms with Crippen LogP contribution in [0.1, 0.15) is 42.6 Å². The molecule has 1 fully saturated rings. The van der Waals surface area contributed by atoms with Crippen LogP contribution < -0.4 is 10.6 Å². The van der Waals surface area contributed by atoms with Crippen LogP contribution in [0.5, 0.6) is 0 Å². The molecule has 0 aromatic carbocycles. The van der Waals surface area contributed by atoms with Gasteiger partial charge in [0.1, 0.15) is 0 Å². The van der Waals surface area contributed by atoms with Crippen molar-refractivity contribution in [2.45, 2.75) is 46.0 Å². The van der Waals surface area contributed by atoms with E-state index in [9.17, 15) is 0 Å². The number of rotatable bonds is 8. The molecule has 0 bridgehead atoms. The second-order valence-electron chi connectivity index (χ2n) is 6.97. The average Bonchev–Trinajstić information content (AvgIpc) is 2.77. The summed E-state index contributed by atoms with van der Waals surface area (Å²) >= 11 is 0. The highest BCUT2D eigenvalue weighted by Gasteiger charge is 2.36. The lowest BCUT2D eigenvalue weighted by atomic mass is 9.67. The normalized spacial score (nSPS) is 16.1. The second-order valence-corrected chi connectivity index (χ2v) is 6.97. The summed E-state index contributed by atoms with van der Waals surface area (Å²) in [6, 6.07) is 0. The van der Waals surface area contributed by atoms with Crippen LogP contribution >= 0.6 is 24.0 Å². The van der Waals surface area contributed by atoms with E-state index in [4.69, 9.17) is 4.74 Å². The van der Waals surface area contributed by atoms with Crippen LogP contribution in [0.15, 0.2) is 4.99 Å². The Morgan fingerprint density at radius 2 is 2.04 bits per heavy atom. The Morgan fingerprint density at radius 1 is 1.32 bits per heavy atom. The first-order valence-corrected chi connectivity index (χ1v) is 8.94. The molecule has 1 aromatic rings. The molecule has 0 spiro atoms. The van der Waals surface area contributed by atoms with E-state index in [0.29, 0.717) is 5.41 Å². The van der Waals surface area contributed by atoms with E-state index in [1.54, 1.807) is 7.11 Å². The first-order chi connectivity index (χ1) is 11.5. The van der Waals surface area contributed by atoms with E-state index in [1.165, 1.54) is 30.5 Å². The molecule has 1 heterocycles. The molecule has 25 heavy (non-hydrogen) atoms. The molecule has 7 heteroatoms. The highest BCUT2D eigenvalue weighted by molar-refractivity contribution is 14.0.